The van der Waals surface area contributed by atoms with E-state index in [-0.39, 0.29) is 12.6 Å². The van der Waals surface area contributed by atoms with Gasteiger partial charge in [-0.2, -0.15) is 0 Å². The zero-order valence-corrected chi connectivity index (χ0v) is 4.46. The van der Waals surface area contributed by atoms with Crippen LogP contribution >= 0.6 is 0 Å². The van der Waals surface area contributed by atoms with E-state index >= 15 is 0 Å². The van der Waals surface area contributed by atoms with Gasteiger partial charge in [0, 0.05) is 11.8 Å². The van der Waals surface area contributed by atoms with E-state index < -0.39 is 0 Å². The van der Waals surface area contributed by atoms with Crippen molar-refractivity contribution in [1.29, 1.82) is 0 Å². The van der Waals surface area contributed by atoms with E-state index in [2.05, 4.69) is 15.3 Å². The second kappa shape index (κ2) is 3.95. The molecular formula is C3H6N4O. The number of hydrogen-bond donors (Lipinski definition) is 1. The zero-order valence-electron chi connectivity index (χ0n) is 4.46. The standard InChI is InChI=1S/C3H6N4O/c1-3(8)5-2-6-7-4/h2H2,1H3,(H,5,8). The van der Waals surface area contributed by atoms with Crippen molar-refractivity contribution in [2.24, 2.45) is 5.11 Å². The highest BCUT2D eigenvalue weighted by Crippen LogP contribution is 1.64. The van der Waals surface area contributed by atoms with Gasteiger partial charge in [-0.15, -0.1) is 0 Å². The van der Waals surface area contributed by atoms with Crippen molar-refractivity contribution < 1.29 is 4.79 Å². The smallest absolute Gasteiger partial charge is 0.216 e. The van der Waals surface area contributed by atoms with Gasteiger partial charge >= 0.3 is 0 Å². The third kappa shape index (κ3) is 4.78. The third-order valence-electron chi connectivity index (χ3n) is 0.462. The number of nitrogens with one attached hydrogen (secondary N) is 1. The van der Waals surface area contributed by atoms with E-state index in [1.807, 2.05) is 0 Å². The predicted molar refractivity (Wildman–Crippen MR) is 27.8 cm³/mol. The minimum absolute atomic E-state index is 0.0336. The topological polar surface area (TPSA) is 77.9 Å². The number of carbonyl (C=O) groups is 1. The second-order valence-corrected chi connectivity index (χ2v) is 1.12. The number of hydrogen-bond acceptors (Lipinski definition) is 2. The van der Waals surface area contributed by atoms with Crippen molar-refractivity contribution in [3.8, 4) is 0 Å². The average molecular weight is 114 g/mol. The summed E-state index contributed by atoms with van der Waals surface area (Å²) in [5.41, 5.74) is 7.69. The van der Waals surface area contributed by atoms with E-state index in [9.17, 15) is 4.79 Å². The van der Waals surface area contributed by atoms with Crippen LogP contribution < -0.4 is 5.32 Å². The molecule has 0 aliphatic carbocycles. The maximum atomic E-state index is 10.0. The Morgan fingerprint density at radius 1 is 2.00 bits per heavy atom. The molecule has 0 spiro atoms. The van der Waals surface area contributed by atoms with Gasteiger partial charge in [0.1, 0.15) is 0 Å². The largest absolute Gasteiger partial charge is 0.350 e. The van der Waals surface area contributed by atoms with Crippen LogP contribution in [0.5, 0.6) is 0 Å². The van der Waals surface area contributed by atoms with Crippen LogP contribution in [0.4, 0.5) is 0 Å². The van der Waals surface area contributed by atoms with E-state index in [0.717, 1.165) is 0 Å². The Hall–Kier alpha value is -1.22. The molecule has 0 fully saturated rings. The lowest BCUT2D eigenvalue weighted by Gasteiger charge is -1.89. The van der Waals surface area contributed by atoms with E-state index in [1.54, 1.807) is 0 Å². The first-order valence-corrected chi connectivity index (χ1v) is 2.02. The Morgan fingerprint density at radius 3 is 3.00 bits per heavy atom. The number of carbonyl (C=O) groups excluding carboxylic acids is 1. The molecule has 0 aromatic heterocycles. The molecule has 0 aromatic carbocycles. The van der Waals surface area contributed by atoms with Gasteiger partial charge in [-0.25, -0.2) is 0 Å². The van der Waals surface area contributed by atoms with Crippen molar-refractivity contribution in [3.05, 3.63) is 10.4 Å². The molecule has 5 nitrogen and oxygen atoms in total. The molecule has 44 valence electrons. The molecule has 0 rings (SSSR count). The summed E-state index contributed by atoms with van der Waals surface area (Å²) in [6.45, 7) is 1.39. The Kier molecular flexibility index (Phi) is 3.35. The first-order valence-electron chi connectivity index (χ1n) is 2.02. The number of amides is 1. The number of azide groups is 1. The minimum atomic E-state index is -0.197. The third-order valence-corrected chi connectivity index (χ3v) is 0.462. The van der Waals surface area contributed by atoms with Gasteiger partial charge < -0.3 is 5.32 Å². The van der Waals surface area contributed by atoms with Crippen LogP contribution in [0.1, 0.15) is 6.92 Å². The Bertz CT molecular complexity index is 123. The molecule has 0 saturated heterocycles. The molecule has 5 heteroatoms. The first-order chi connectivity index (χ1) is 3.77. The van der Waals surface area contributed by atoms with Crippen molar-refractivity contribution >= 4 is 5.91 Å². The van der Waals surface area contributed by atoms with Crippen molar-refractivity contribution in [1.82, 2.24) is 5.32 Å². The van der Waals surface area contributed by atoms with Gasteiger partial charge in [-0.05, 0) is 5.53 Å². The summed E-state index contributed by atoms with van der Waals surface area (Å²) >= 11 is 0. The van der Waals surface area contributed by atoms with Crippen LogP contribution in [0.3, 0.4) is 0 Å². The SMILES string of the molecule is CC(=O)NCN=[N+]=[N-]. The fourth-order valence-corrected chi connectivity index (χ4v) is 0.178. The summed E-state index contributed by atoms with van der Waals surface area (Å²) < 4.78 is 0. The summed E-state index contributed by atoms with van der Waals surface area (Å²) in [4.78, 5) is 12.4. The van der Waals surface area contributed by atoms with Gasteiger partial charge in [0.2, 0.25) is 5.91 Å². The van der Waals surface area contributed by atoms with Gasteiger partial charge in [0.15, 0.2) is 0 Å². The van der Waals surface area contributed by atoms with Crippen LogP contribution in [0.2, 0.25) is 0 Å². The fraction of sp³-hybridized carbons (Fsp3) is 0.667. The molecule has 0 heterocycles. The molecule has 0 bridgehead atoms. The van der Waals surface area contributed by atoms with E-state index in [4.69, 9.17) is 5.53 Å². The maximum Gasteiger partial charge on any atom is 0.216 e. The van der Waals surface area contributed by atoms with Crippen molar-refractivity contribution in [2.45, 2.75) is 6.92 Å². The highest BCUT2D eigenvalue weighted by Gasteiger charge is 1.82. The number of rotatable bonds is 2. The van der Waals surface area contributed by atoms with Gasteiger partial charge in [0.05, 0.1) is 6.67 Å². The lowest BCUT2D eigenvalue weighted by Crippen LogP contribution is -2.18. The molecule has 0 aromatic rings. The van der Waals surface area contributed by atoms with Gasteiger partial charge in [-0.1, -0.05) is 5.11 Å². The van der Waals surface area contributed by atoms with Crippen LogP contribution in [-0.2, 0) is 4.79 Å². The van der Waals surface area contributed by atoms with Crippen LogP contribution in [0.15, 0.2) is 5.11 Å². The number of nitrogens with zero attached hydrogens (tertiary/aromatic N) is 3. The van der Waals surface area contributed by atoms with Crippen LogP contribution in [0, 0.1) is 0 Å². The molecule has 0 saturated carbocycles. The summed E-state index contributed by atoms with van der Waals surface area (Å²) in [5, 5.41) is 5.35. The van der Waals surface area contributed by atoms with Gasteiger partial charge in [-0.3, -0.25) is 4.79 Å². The molecule has 1 N–H and O–H groups in total. The zero-order chi connectivity index (χ0) is 6.41. The monoisotopic (exact) mass is 114 g/mol. The fourth-order valence-electron chi connectivity index (χ4n) is 0.178. The van der Waals surface area contributed by atoms with E-state index in [0.29, 0.717) is 0 Å². The Morgan fingerprint density at radius 2 is 2.62 bits per heavy atom. The minimum Gasteiger partial charge on any atom is -0.350 e. The predicted octanol–water partition coefficient (Wildman–Crippen LogP) is 0.390. The van der Waals surface area contributed by atoms with E-state index in [1.165, 1.54) is 6.92 Å². The van der Waals surface area contributed by atoms with Crippen LogP contribution in [0.25, 0.3) is 10.4 Å². The normalized spacial score (nSPS) is 7.12. The molecule has 0 atom stereocenters. The quantitative estimate of drug-likeness (QED) is 0.314. The Labute approximate surface area is 46.3 Å². The molecule has 0 unspecified atom stereocenters. The maximum absolute atomic E-state index is 10.0. The summed E-state index contributed by atoms with van der Waals surface area (Å²) in [6, 6.07) is 0. The lowest BCUT2D eigenvalue weighted by atomic mass is 10.7. The van der Waals surface area contributed by atoms with Crippen LogP contribution in [-0.4, -0.2) is 12.6 Å². The molecule has 0 aliphatic rings. The first kappa shape index (κ1) is 6.78. The molecule has 0 radical (unpaired) electrons. The van der Waals surface area contributed by atoms with Crippen molar-refractivity contribution in [3.63, 3.8) is 0 Å². The Balaban J connectivity index is 3.18. The highest BCUT2D eigenvalue weighted by atomic mass is 16.1. The molecule has 1 amide bonds. The summed E-state index contributed by atoms with van der Waals surface area (Å²) in [5.74, 6) is -0.197. The second-order valence-electron chi connectivity index (χ2n) is 1.12. The van der Waals surface area contributed by atoms with Gasteiger partial charge in [0.25, 0.3) is 0 Å². The summed E-state index contributed by atoms with van der Waals surface area (Å²) in [7, 11) is 0. The molecule has 8 heavy (non-hydrogen) atoms. The molecular weight excluding hydrogens is 108 g/mol. The highest BCUT2D eigenvalue weighted by molar-refractivity contribution is 5.72. The summed E-state index contributed by atoms with van der Waals surface area (Å²) in [6.07, 6.45) is 0. The average Bonchev–Trinajstić information content (AvgIpc) is 1.66. The molecule has 0 aliphatic heterocycles. The lowest BCUT2D eigenvalue weighted by molar-refractivity contribution is -0.118. The van der Waals surface area contributed by atoms with Crippen molar-refractivity contribution in [2.75, 3.05) is 6.67 Å².